The summed E-state index contributed by atoms with van der Waals surface area (Å²) < 4.78 is 20.0. The maximum atomic E-state index is 13.1. The van der Waals surface area contributed by atoms with E-state index in [0.717, 1.165) is 16.9 Å². The Kier molecular flexibility index (Phi) is 5.66. The van der Waals surface area contributed by atoms with E-state index in [-0.39, 0.29) is 24.5 Å². The first kappa shape index (κ1) is 18.8. The minimum atomic E-state index is -0.905. The molecule has 1 aromatic heterocycles. The molecule has 0 radical (unpaired) electrons. The quantitative estimate of drug-likeness (QED) is 0.726. The van der Waals surface area contributed by atoms with Crippen LogP contribution in [0.4, 0.5) is 4.39 Å². The third-order valence-corrected chi connectivity index (χ3v) is 4.22. The van der Waals surface area contributed by atoms with Gasteiger partial charge < -0.3 is 9.84 Å². The minimum absolute atomic E-state index is 0.00119. The van der Waals surface area contributed by atoms with Crippen molar-refractivity contribution < 1.29 is 14.2 Å². The molecule has 0 bridgehead atoms. The number of hydrogen-bond donors (Lipinski definition) is 1. The summed E-state index contributed by atoms with van der Waals surface area (Å²) in [7, 11) is 0. The second-order valence-electron chi connectivity index (χ2n) is 6.43. The standard InChI is InChI=1S/C21H21FN2O3/c1-14-4-3-5-15(2)21(14)27-13-18(25)12-24-20(26)11-10-19(23-24)16-6-8-17(22)9-7-16/h3-11,18,25H,12-13H2,1-2H3. The number of aliphatic hydroxyl groups excluding tert-OH is 1. The molecule has 6 heteroatoms. The first-order valence-corrected chi connectivity index (χ1v) is 8.65. The number of aliphatic hydroxyl groups is 1. The molecule has 0 aliphatic carbocycles. The van der Waals surface area contributed by atoms with E-state index in [1.54, 1.807) is 18.2 Å². The summed E-state index contributed by atoms with van der Waals surface area (Å²) >= 11 is 0. The van der Waals surface area contributed by atoms with Gasteiger partial charge in [0.1, 0.15) is 24.3 Å². The predicted octanol–water partition coefficient (Wildman–Crippen LogP) is 3.11. The maximum absolute atomic E-state index is 13.1. The molecular formula is C21H21FN2O3. The van der Waals surface area contributed by atoms with Gasteiger partial charge in [-0.25, -0.2) is 9.07 Å². The first-order valence-electron chi connectivity index (χ1n) is 8.65. The lowest BCUT2D eigenvalue weighted by atomic mass is 10.1. The SMILES string of the molecule is Cc1cccc(C)c1OCC(O)Cn1nc(-c2ccc(F)cc2)ccc1=O. The van der Waals surface area contributed by atoms with Crippen LogP contribution in [0.5, 0.6) is 5.75 Å². The number of halogens is 1. The number of hydrogen-bond acceptors (Lipinski definition) is 4. The molecule has 0 fully saturated rings. The largest absolute Gasteiger partial charge is 0.490 e. The number of aryl methyl sites for hydroxylation is 2. The second kappa shape index (κ2) is 8.14. The number of ether oxygens (including phenoxy) is 1. The van der Waals surface area contributed by atoms with Crippen molar-refractivity contribution in [1.82, 2.24) is 9.78 Å². The Morgan fingerprint density at radius 3 is 2.41 bits per heavy atom. The molecule has 1 atom stereocenters. The van der Waals surface area contributed by atoms with E-state index in [1.165, 1.54) is 22.9 Å². The van der Waals surface area contributed by atoms with Gasteiger partial charge in [0.05, 0.1) is 12.2 Å². The van der Waals surface area contributed by atoms with Crippen LogP contribution in [-0.2, 0) is 6.54 Å². The van der Waals surface area contributed by atoms with Crippen molar-refractivity contribution in [2.75, 3.05) is 6.61 Å². The van der Waals surface area contributed by atoms with Crippen LogP contribution in [0.2, 0.25) is 0 Å². The molecule has 3 aromatic rings. The normalized spacial score (nSPS) is 12.0. The lowest BCUT2D eigenvalue weighted by Gasteiger charge is -2.16. The number of benzene rings is 2. The van der Waals surface area contributed by atoms with Crippen molar-refractivity contribution in [2.24, 2.45) is 0 Å². The van der Waals surface area contributed by atoms with Crippen LogP contribution in [0.15, 0.2) is 59.4 Å². The maximum Gasteiger partial charge on any atom is 0.266 e. The molecule has 5 nitrogen and oxygen atoms in total. The minimum Gasteiger partial charge on any atom is -0.490 e. The molecule has 0 amide bonds. The van der Waals surface area contributed by atoms with Crippen LogP contribution < -0.4 is 10.3 Å². The van der Waals surface area contributed by atoms with E-state index in [4.69, 9.17) is 4.74 Å². The van der Waals surface area contributed by atoms with E-state index in [2.05, 4.69) is 5.10 Å². The summed E-state index contributed by atoms with van der Waals surface area (Å²) in [6, 6.07) is 14.6. The molecule has 0 saturated heterocycles. The zero-order chi connectivity index (χ0) is 19.4. The highest BCUT2D eigenvalue weighted by molar-refractivity contribution is 5.57. The topological polar surface area (TPSA) is 64.3 Å². The molecule has 0 saturated carbocycles. The molecule has 1 N–H and O–H groups in total. The molecule has 1 heterocycles. The van der Waals surface area contributed by atoms with Crippen LogP contribution in [0.3, 0.4) is 0 Å². The fourth-order valence-corrected chi connectivity index (χ4v) is 2.81. The van der Waals surface area contributed by atoms with Crippen molar-refractivity contribution in [3.63, 3.8) is 0 Å². The van der Waals surface area contributed by atoms with Gasteiger partial charge in [-0.3, -0.25) is 4.79 Å². The highest BCUT2D eigenvalue weighted by Gasteiger charge is 2.12. The van der Waals surface area contributed by atoms with Crippen LogP contribution in [0.1, 0.15) is 11.1 Å². The Morgan fingerprint density at radius 1 is 1.07 bits per heavy atom. The lowest BCUT2D eigenvalue weighted by molar-refractivity contribution is 0.0874. The first-order chi connectivity index (χ1) is 12.9. The summed E-state index contributed by atoms with van der Waals surface area (Å²) in [5, 5.41) is 14.6. The monoisotopic (exact) mass is 368 g/mol. The Hall–Kier alpha value is -2.99. The third kappa shape index (κ3) is 4.60. The molecule has 3 rings (SSSR count). The average Bonchev–Trinajstić information content (AvgIpc) is 2.64. The van der Waals surface area contributed by atoms with E-state index in [1.807, 2.05) is 32.0 Å². The average molecular weight is 368 g/mol. The second-order valence-corrected chi connectivity index (χ2v) is 6.43. The summed E-state index contributed by atoms with van der Waals surface area (Å²) in [5.74, 6) is 0.392. The molecule has 27 heavy (non-hydrogen) atoms. The van der Waals surface area contributed by atoms with Crippen LogP contribution >= 0.6 is 0 Å². The summed E-state index contributed by atoms with van der Waals surface area (Å²) in [6.07, 6.45) is -0.905. The molecule has 0 aliphatic heterocycles. The Balaban J connectivity index is 1.72. The molecule has 1 unspecified atom stereocenters. The molecule has 0 spiro atoms. The molecule has 0 aliphatic rings. The van der Waals surface area contributed by atoms with Gasteiger partial charge in [0.2, 0.25) is 0 Å². The summed E-state index contributed by atoms with van der Waals surface area (Å²) in [4.78, 5) is 12.1. The number of para-hydroxylation sites is 1. The van der Waals surface area contributed by atoms with Crippen molar-refractivity contribution in [3.8, 4) is 17.0 Å². The van der Waals surface area contributed by atoms with Crippen LogP contribution in [0, 0.1) is 19.7 Å². The highest BCUT2D eigenvalue weighted by atomic mass is 19.1. The van der Waals surface area contributed by atoms with Gasteiger partial charge in [-0.05, 0) is 55.3 Å². The van der Waals surface area contributed by atoms with Crippen LogP contribution in [-0.4, -0.2) is 27.6 Å². The van der Waals surface area contributed by atoms with Gasteiger partial charge >= 0.3 is 0 Å². The highest BCUT2D eigenvalue weighted by Crippen LogP contribution is 2.22. The molecular weight excluding hydrogens is 347 g/mol. The number of nitrogens with zero attached hydrogens (tertiary/aromatic N) is 2. The van der Waals surface area contributed by atoms with Crippen LogP contribution in [0.25, 0.3) is 11.3 Å². The van der Waals surface area contributed by atoms with Gasteiger partial charge in [-0.1, -0.05) is 18.2 Å². The fraction of sp³-hybridized carbons (Fsp3) is 0.238. The molecule has 2 aromatic carbocycles. The van der Waals surface area contributed by atoms with E-state index in [9.17, 15) is 14.3 Å². The Bertz CT molecular complexity index is 963. The molecule has 140 valence electrons. The van der Waals surface area contributed by atoms with Gasteiger partial charge in [-0.15, -0.1) is 0 Å². The fourth-order valence-electron chi connectivity index (χ4n) is 2.81. The van der Waals surface area contributed by atoms with Crippen molar-refractivity contribution in [3.05, 3.63) is 81.9 Å². The number of rotatable bonds is 6. The summed E-state index contributed by atoms with van der Waals surface area (Å²) in [5.41, 5.74) is 2.85. The van der Waals surface area contributed by atoms with E-state index < -0.39 is 6.10 Å². The van der Waals surface area contributed by atoms with E-state index >= 15 is 0 Å². The smallest absolute Gasteiger partial charge is 0.266 e. The summed E-state index contributed by atoms with van der Waals surface area (Å²) in [6.45, 7) is 3.92. The van der Waals surface area contributed by atoms with Crippen molar-refractivity contribution in [1.29, 1.82) is 0 Å². The van der Waals surface area contributed by atoms with Gasteiger partial charge in [-0.2, -0.15) is 5.10 Å². The van der Waals surface area contributed by atoms with Crippen molar-refractivity contribution in [2.45, 2.75) is 26.5 Å². The Labute approximate surface area is 156 Å². The zero-order valence-corrected chi connectivity index (χ0v) is 15.2. The van der Waals surface area contributed by atoms with Crippen molar-refractivity contribution >= 4 is 0 Å². The third-order valence-electron chi connectivity index (χ3n) is 4.22. The van der Waals surface area contributed by atoms with Gasteiger partial charge in [0.15, 0.2) is 0 Å². The van der Waals surface area contributed by atoms with E-state index in [0.29, 0.717) is 11.3 Å². The van der Waals surface area contributed by atoms with Gasteiger partial charge in [0, 0.05) is 11.6 Å². The van der Waals surface area contributed by atoms with Gasteiger partial charge in [0.25, 0.3) is 5.56 Å². The zero-order valence-electron chi connectivity index (χ0n) is 15.2. The lowest BCUT2D eigenvalue weighted by Crippen LogP contribution is -2.31. The predicted molar refractivity (Wildman–Crippen MR) is 101 cm³/mol. The Morgan fingerprint density at radius 2 is 1.74 bits per heavy atom. The number of aromatic nitrogens is 2.